The maximum absolute atomic E-state index is 15.5. The molecule has 2 heterocycles. The van der Waals surface area contributed by atoms with Crippen molar-refractivity contribution in [2.45, 2.75) is 38.8 Å². The summed E-state index contributed by atoms with van der Waals surface area (Å²) in [6.07, 6.45) is 2.37. The molecular formula is C34H27F3N4O3. The Kier molecular flexibility index (Phi) is 7.78. The molecule has 0 unspecified atom stereocenters. The van der Waals surface area contributed by atoms with E-state index in [0.717, 1.165) is 18.9 Å². The monoisotopic (exact) mass is 596 g/mol. The molecule has 5 aromatic rings. The lowest BCUT2D eigenvalue weighted by Gasteiger charge is -2.14. The van der Waals surface area contributed by atoms with Crippen molar-refractivity contribution in [3.8, 4) is 17.1 Å². The highest BCUT2D eigenvalue weighted by Gasteiger charge is 2.42. The molecular weight excluding hydrogens is 569 g/mol. The predicted octanol–water partition coefficient (Wildman–Crippen LogP) is 7.94. The Morgan fingerprint density at radius 3 is 2.50 bits per heavy atom. The first-order valence-corrected chi connectivity index (χ1v) is 14.1. The average Bonchev–Trinajstić information content (AvgIpc) is 3.74. The van der Waals surface area contributed by atoms with Crippen molar-refractivity contribution in [3.63, 3.8) is 0 Å². The maximum atomic E-state index is 15.5. The fourth-order valence-corrected chi connectivity index (χ4v) is 5.22. The van der Waals surface area contributed by atoms with Crippen molar-refractivity contribution in [2.24, 2.45) is 5.41 Å². The molecule has 0 atom stereocenters. The van der Waals surface area contributed by atoms with Gasteiger partial charge in [-0.25, -0.2) is 28.4 Å². The maximum Gasteiger partial charge on any atom is 0.335 e. The van der Waals surface area contributed by atoms with Crippen LogP contribution in [0.1, 0.15) is 46.6 Å². The molecule has 1 fully saturated rings. The van der Waals surface area contributed by atoms with E-state index in [0.29, 0.717) is 46.6 Å². The molecule has 0 spiro atoms. The minimum absolute atomic E-state index is 0.0880. The van der Waals surface area contributed by atoms with Crippen molar-refractivity contribution < 1.29 is 27.8 Å². The lowest BCUT2D eigenvalue weighted by atomic mass is 10.0. The van der Waals surface area contributed by atoms with E-state index >= 15 is 4.39 Å². The summed E-state index contributed by atoms with van der Waals surface area (Å²) in [6, 6.07) is 18.6. The van der Waals surface area contributed by atoms with Crippen molar-refractivity contribution >= 4 is 22.7 Å². The van der Waals surface area contributed by atoms with Crippen molar-refractivity contribution in [1.29, 1.82) is 0 Å². The summed E-state index contributed by atoms with van der Waals surface area (Å²) in [5.74, 6) is -1.27. The molecule has 0 aliphatic heterocycles. The molecule has 0 bridgehead atoms. The van der Waals surface area contributed by atoms with Crippen LogP contribution in [-0.2, 0) is 19.6 Å². The van der Waals surface area contributed by atoms with Gasteiger partial charge in [0.15, 0.2) is 5.69 Å². The van der Waals surface area contributed by atoms with E-state index in [4.69, 9.17) is 11.3 Å². The Labute approximate surface area is 251 Å². The van der Waals surface area contributed by atoms with Gasteiger partial charge in [-0.1, -0.05) is 30.3 Å². The number of alkyl halides is 1. The Balaban J connectivity index is 1.23. The molecule has 6 rings (SSSR count). The predicted molar refractivity (Wildman–Crippen MR) is 158 cm³/mol. The summed E-state index contributed by atoms with van der Waals surface area (Å²) in [7, 11) is 0. The van der Waals surface area contributed by atoms with Gasteiger partial charge < -0.3 is 14.4 Å². The number of hydrogen-bond donors (Lipinski definition) is 1. The number of pyridine rings is 1. The smallest absolute Gasteiger partial charge is 0.335 e. The summed E-state index contributed by atoms with van der Waals surface area (Å²) in [6.45, 7) is 6.95. The van der Waals surface area contributed by atoms with Gasteiger partial charge in [0.1, 0.15) is 24.1 Å². The second-order valence-electron chi connectivity index (χ2n) is 11.1. The molecule has 10 heteroatoms. The Bertz CT molecular complexity index is 1930. The third-order valence-corrected chi connectivity index (χ3v) is 8.14. The van der Waals surface area contributed by atoms with Crippen molar-refractivity contribution in [1.82, 2.24) is 14.5 Å². The number of nitrogens with zero attached hydrogens (tertiary/aromatic N) is 4. The van der Waals surface area contributed by atoms with Crippen LogP contribution in [0.15, 0.2) is 72.8 Å². The van der Waals surface area contributed by atoms with Crippen LogP contribution < -0.4 is 4.74 Å². The zero-order chi connectivity index (χ0) is 30.8. The van der Waals surface area contributed by atoms with Gasteiger partial charge in [-0.3, -0.25) is 4.39 Å². The van der Waals surface area contributed by atoms with Crippen LogP contribution in [0.25, 0.3) is 27.1 Å². The standard InChI is InChI=1S/C34H27F3N4O3/c1-38-25-9-7-24(27(37)18-25)19-44-32-4-2-3-28(40-32)22-6-5-21(26(36)15-22)17-31-39-29-10-8-23(33(42)43)16-30(29)41(31)14-13-34(20-35)11-12-34/h2-10,15-16,18H,11-14,17,19-20H2,(H,42,43). The summed E-state index contributed by atoms with van der Waals surface area (Å²) in [5.41, 5.74) is 2.84. The number of imidazole rings is 1. The highest BCUT2D eigenvalue weighted by atomic mass is 19.1. The molecule has 7 nitrogen and oxygen atoms in total. The Morgan fingerprint density at radius 1 is 1.00 bits per heavy atom. The zero-order valence-corrected chi connectivity index (χ0v) is 23.6. The van der Waals surface area contributed by atoms with Crippen LogP contribution in [0.2, 0.25) is 0 Å². The molecule has 222 valence electrons. The largest absolute Gasteiger partial charge is 0.478 e. The minimum Gasteiger partial charge on any atom is -0.478 e. The molecule has 44 heavy (non-hydrogen) atoms. The van der Waals surface area contributed by atoms with Crippen LogP contribution in [0.5, 0.6) is 5.88 Å². The van der Waals surface area contributed by atoms with E-state index in [9.17, 15) is 18.7 Å². The second kappa shape index (κ2) is 11.8. The summed E-state index contributed by atoms with van der Waals surface area (Å²) >= 11 is 0. The van der Waals surface area contributed by atoms with Crippen LogP contribution in [0, 0.1) is 23.6 Å². The first kappa shape index (κ1) is 28.9. The molecule has 0 saturated heterocycles. The molecule has 1 aliphatic rings. The summed E-state index contributed by atoms with van der Waals surface area (Å²) in [5, 5.41) is 9.50. The fourth-order valence-electron chi connectivity index (χ4n) is 5.22. The van der Waals surface area contributed by atoms with E-state index in [-0.39, 0.29) is 41.1 Å². The van der Waals surface area contributed by atoms with Crippen molar-refractivity contribution in [2.75, 3.05) is 6.67 Å². The van der Waals surface area contributed by atoms with Crippen LogP contribution in [-0.4, -0.2) is 32.3 Å². The van der Waals surface area contributed by atoms with Crippen LogP contribution in [0.4, 0.5) is 18.9 Å². The van der Waals surface area contributed by atoms with Gasteiger partial charge in [0, 0.05) is 35.6 Å². The average molecular weight is 597 g/mol. The fraction of sp³-hybridized carbons (Fsp3) is 0.235. The molecule has 0 amide bonds. The Morgan fingerprint density at radius 2 is 1.80 bits per heavy atom. The van der Waals surface area contributed by atoms with E-state index < -0.39 is 24.3 Å². The molecule has 1 saturated carbocycles. The van der Waals surface area contributed by atoms with Gasteiger partial charge in [0.25, 0.3) is 0 Å². The van der Waals surface area contributed by atoms with Crippen molar-refractivity contribution in [3.05, 3.63) is 118 Å². The molecule has 3 aromatic carbocycles. The van der Waals surface area contributed by atoms with Gasteiger partial charge in [-0.15, -0.1) is 0 Å². The van der Waals surface area contributed by atoms with Gasteiger partial charge in [-0.2, -0.15) is 0 Å². The second-order valence-corrected chi connectivity index (χ2v) is 11.1. The third-order valence-electron chi connectivity index (χ3n) is 8.14. The van der Waals surface area contributed by atoms with E-state index in [1.807, 2.05) is 4.57 Å². The molecule has 1 N–H and O–H groups in total. The number of hydrogen-bond acceptors (Lipinski definition) is 4. The number of carboxylic acid groups (broad SMARTS) is 1. The topological polar surface area (TPSA) is 81.6 Å². The van der Waals surface area contributed by atoms with Gasteiger partial charge >= 0.3 is 5.97 Å². The number of carbonyl (C=O) groups is 1. The number of aryl methyl sites for hydroxylation is 1. The third kappa shape index (κ3) is 5.99. The normalized spacial score (nSPS) is 13.5. The minimum atomic E-state index is -1.06. The quantitative estimate of drug-likeness (QED) is 0.157. The van der Waals surface area contributed by atoms with Gasteiger partial charge in [0.2, 0.25) is 5.88 Å². The lowest BCUT2D eigenvalue weighted by molar-refractivity contribution is 0.0697. The van der Waals surface area contributed by atoms with Gasteiger partial charge in [0.05, 0.1) is 35.5 Å². The SMILES string of the molecule is [C-]#[N+]c1ccc(COc2cccc(-c3ccc(Cc4nc5ccc(C(=O)O)cc5n4CCC4(CF)CC4)c(F)c3)n2)c(F)c1. The zero-order valence-electron chi connectivity index (χ0n) is 23.6. The molecule has 1 aliphatic carbocycles. The van der Waals surface area contributed by atoms with Gasteiger partial charge in [-0.05, 0) is 61.2 Å². The number of aromatic carboxylic acids is 1. The number of fused-ring (bicyclic) bond motifs is 1. The number of rotatable bonds is 11. The van der Waals surface area contributed by atoms with Crippen LogP contribution in [0.3, 0.4) is 0 Å². The number of ether oxygens (including phenoxy) is 1. The summed E-state index contributed by atoms with van der Waals surface area (Å²) < 4.78 is 50.9. The number of halogens is 3. The first-order chi connectivity index (χ1) is 21.3. The first-order valence-electron chi connectivity index (χ1n) is 14.1. The summed E-state index contributed by atoms with van der Waals surface area (Å²) in [4.78, 5) is 24.0. The number of carboxylic acids is 1. The molecule has 2 aromatic heterocycles. The Hall–Kier alpha value is -5.17. The highest BCUT2D eigenvalue weighted by Crippen LogP contribution is 2.49. The van der Waals surface area contributed by atoms with E-state index in [1.165, 1.54) is 24.3 Å². The van der Waals surface area contributed by atoms with E-state index in [1.54, 1.807) is 42.5 Å². The van der Waals surface area contributed by atoms with E-state index in [2.05, 4.69) is 14.8 Å². The number of benzene rings is 3. The van der Waals surface area contributed by atoms with Crippen LogP contribution >= 0.6 is 0 Å². The highest BCUT2D eigenvalue weighted by molar-refractivity contribution is 5.92. The lowest BCUT2D eigenvalue weighted by Crippen LogP contribution is -2.12. The molecule has 0 radical (unpaired) electrons. The number of aromatic nitrogens is 3.